The summed E-state index contributed by atoms with van der Waals surface area (Å²) in [6.45, 7) is 7.87. The highest BCUT2D eigenvalue weighted by Crippen LogP contribution is 2.46. The predicted molar refractivity (Wildman–Crippen MR) is 598 cm³/mol. The molecule has 16 heterocycles. The number of nitrogens with zero attached hydrogens (tertiary/aromatic N) is 11. The van der Waals surface area contributed by atoms with Gasteiger partial charge in [0, 0.05) is 95.3 Å². The van der Waals surface area contributed by atoms with E-state index in [1.54, 1.807) is 75.2 Å². The lowest BCUT2D eigenvalue weighted by molar-refractivity contribution is 1.07. The third-order valence-electron chi connectivity index (χ3n) is 26.2. The van der Waals surface area contributed by atoms with Crippen molar-refractivity contribution in [3.8, 4) is 73.7 Å². The molecule has 11 nitrogen and oxygen atoms in total. The molecular formula is C124H81N11S5. The monoisotopic (exact) mass is 1880 g/mol. The summed E-state index contributed by atoms with van der Waals surface area (Å²) in [6.07, 6.45) is 15.0. The maximum Gasteiger partial charge on any atom is 0.138 e. The van der Waals surface area contributed by atoms with Gasteiger partial charge in [-0.15, -0.1) is 56.7 Å². The van der Waals surface area contributed by atoms with Crippen molar-refractivity contribution in [1.82, 2.24) is 52.7 Å². The van der Waals surface area contributed by atoms with E-state index >= 15 is 0 Å². The molecule has 29 aromatic rings. The Morgan fingerprint density at radius 3 is 1.06 bits per heavy atom. The molecule has 662 valence electrons. The van der Waals surface area contributed by atoms with Gasteiger partial charge in [0.15, 0.2) is 0 Å². The smallest absolute Gasteiger partial charge is 0.138 e. The molecule has 0 N–H and O–H groups in total. The number of hydrogen-bond donors (Lipinski definition) is 0. The quantitative estimate of drug-likeness (QED) is 0.113. The summed E-state index contributed by atoms with van der Waals surface area (Å²) in [5.74, 6) is 3.74. The molecule has 0 fully saturated rings. The first-order chi connectivity index (χ1) is 69.4. The molecule has 140 heavy (non-hydrogen) atoms. The fourth-order valence-corrected chi connectivity index (χ4v) is 24.5. The van der Waals surface area contributed by atoms with Gasteiger partial charge >= 0.3 is 0 Å². The number of allylic oxidation sites excluding steroid dienone is 4. The van der Waals surface area contributed by atoms with Crippen LogP contribution in [-0.2, 0) is 0 Å². The van der Waals surface area contributed by atoms with E-state index in [-0.39, 0.29) is 0 Å². The Labute approximate surface area is 824 Å². The molecule has 0 bridgehead atoms. The normalized spacial score (nSPS) is 11.6. The second-order valence-electron chi connectivity index (χ2n) is 34.2. The first-order valence-corrected chi connectivity index (χ1v) is 50.6. The van der Waals surface area contributed by atoms with E-state index in [0.29, 0.717) is 0 Å². The van der Waals surface area contributed by atoms with E-state index in [4.69, 9.17) is 24.9 Å². The van der Waals surface area contributed by atoms with Crippen LogP contribution >= 0.6 is 56.7 Å². The average molecular weight is 1890 g/mol. The molecule has 16 aromatic heterocycles. The van der Waals surface area contributed by atoms with Crippen molar-refractivity contribution < 1.29 is 0 Å². The van der Waals surface area contributed by atoms with Crippen molar-refractivity contribution >= 4 is 222 Å². The summed E-state index contributed by atoms with van der Waals surface area (Å²) in [6, 6.07) is 136. The third-order valence-corrected chi connectivity index (χ3v) is 30.9. The first-order valence-electron chi connectivity index (χ1n) is 46.2. The van der Waals surface area contributed by atoms with Gasteiger partial charge in [0.1, 0.15) is 23.3 Å². The van der Waals surface area contributed by atoms with Crippen molar-refractivity contribution in [3.63, 3.8) is 0 Å². The van der Waals surface area contributed by atoms with Gasteiger partial charge in [0.05, 0.1) is 108 Å². The highest BCUT2D eigenvalue weighted by Gasteiger charge is 2.24. The summed E-state index contributed by atoms with van der Waals surface area (Å²) in [4.78, 5) is 28.5. The first kappa shape index (κ1) is 84.5. The molecule has 0 aliphatic rings. The van der Waals surface area contributed by atoms with Gasteiger partial charge in [-0.2, -0.15) is 0 Å². The lowest BCUT2D eigenvalue weighted by atomic mass is 10.1. The zero-order chi connectivity index (χ0) is 93.1. The number of hydrogen-bond acceptors (Lipinski definition) is 11. The van der Waals surface area contributed by atoms with Crippen LogP contribution in [0.5, 0.6) is 0 Å². The minimum atomic E-state index is 0.861. The number of aromatic nitrogens is 11. The van der Waals surface area contributed by atoms with E-state index in [9.17, 15) is 0 Å². The fraction of sp³-hybridized carbons (Fsp3) is 0. The topological polar surface area (TPSA) is 102 Å². The molecule has 16 heteroatoms. The van der Waals surface area contributed by atoms with Crippen LogP contribution in [0.1, 0.15) is 5.69 Å². The van der Waals surface area contributed by atoms with Crippen molar-refractivity contribution in [2.45, 2.75) is 0 Å². The molecule has 0 saturated heterocycles. The van der Waals surface area contributed by atoms with E-state index in [2.05, 4.69) is 395 Å². The molecule has 0 amide bonds. The van der Waals surface area contributed by atoms with Gasteiger partial charge in [0.2, 0.25) is 0 Å². The van der Waals surface area contributed by atoms with E-state index < -0.39 is 0 Å². The SMILES string of the molecule is C=C/C=C\C(=C)c1cccc(-n2c3ccccc3c3ccc4ccsc4c32)n1.c1cc(-c2ccncc2)nc(-n2c3ccccc3c3ccc4ccsc4c32)c1.c1ccc(-c2ccc(-n3c4ccccc4c4ccc5ccsc5c43)cn2)cc1.c1ccc(-c2ccc(-n3c4ccccc4c4ccc5ccsc5c43)nc2)cc1.c1ccc(-c2ccnc(-n3c4ccccc4c4ccc5ccsc5c43)c2)cc1. The Morgan fingerprint density at radius 1 is 0.250 bits per heavy atom. The van der Waals surface area contributed by atoms with Crippen LogP contribution in [0.3, 0.4) is 0 Å². The summed E-state index contributed by atoms with van der Waals surface area (Å²) in [7, 11) is 0. The summed E-state index contributed by atoms with van der Waals surface area (Å²) >= 11 is 8.94. The number of benzene rings is 13. The fourth-order valence-electron chi connectivity index (χ4n) is 19.8. The molecule has 0 unspecified atom stereocenters. The number of rotatable bonds is 12. The van der Waals surface area contributed by atoms with Gasteiger partial charge in [0.25, 0.3) is 0 Å². The van der Waals surface area contributed by atoms with Crippen molar-refractivity contribution in [1.29, 1.82) is 0 Å². The van der Waals surface area contributed by atoms with Crippen molar-refractivity contribution in [2.75, 3.05) is 0 Å². The molecule has 0 atom stereocenters. The van der Waals surface area contributed by atoms with E-state index in [1.807, 2.05) is 91.4 Å². The standard InChI is InChI=1S/3C25H16N2S.C25H18N2S.C24H15N3S/c1-2-6-17(7-3-1)22-13-11-19(16-26-22)27-23-9-5-4-8-20(23)21-12-10-18-14-15-28-25(18)24(21)27;1-2-6-17(7-3-1)19-11-13-23(26-16-19)27-22-9-5-4-8-20(22)21-12-10-18-14-15-28-25(18)24(21)27;1-2-6-17(7-3-1)19-12-14-26-23(16-19)27-22-9-5-4-8-20(22)21-11-10-18-13-15-28-25(18)24(21)27;1-3-4-8-17(2)21-10-7-12-23(26-21)27-22-11-6-5-9-19(22)20-14-13-18-15-16-28-25(18)24(20)27;1-2-6-21-18(4-1)19-9-8-17-12-15-28-24(17)23(19)27(21)22-7-3-5-20(26-22)16-10-13-25-14-11-16/h3*1-16H;3-16H,1-2H2;1-15H/b;;;8-4-;. The van der Waals surface area contributed by atoms with Crippen LogP contribution in [0.4, 0.5) is 0 Å². The molecule has 0 aliphatic carbocycles. The van der Waals surface area contributed by atoms with E-state index in [1.165, 1.54) is 171 Å². The molecule has 0 aliphatic heterocycles. The van der Waals surface area contributed by atoms with Crippen LogP contribution in [0, 0.1) is 0 Å². The Hall–Kier alpha value is -17.2. The molecule has 29 rings (SSSR count). The second kappa shape index (κ2) is 36.4. The van der Waals surface area contributed by atoms with Gasteiger partial charge < -0.3 is 4.57 Å². The minimum Gasteiger partial charge on any atom is -0.306 e. The molecule has 0 radical (unpaired) electrons. The third kappa shape index (κ3) is 15.1. The Kier molecular flexibility index (Phi) is 22.0. The average Bonchev–Trinajstić information content (AvgIpc) is 1.59. The summed E-state index contributed by atoms with van der Waals surface area (Å²) in [5, 5.41) is 29.8. The lowest BCUT2D eigenvalue weighted by Gasteiger charge is -2.09. The second-order valence-corrected chi connectivity index (χ2v) is 38.8. The van der Waals surface area contributed by atoms with Crippen LogP contribution in [0.15, 0.2) is 478 Å². The lowest BCUT2D eigenvalue weighted by Crippen LogP contribution is -1.99. The Bertz CT molecular complexity index is 9360. The predicted octanol–water partition coefficient (Wildman–Crippen LogP) is 34.8. The maximum atomic E-state index is 5.02. The molecule has 0 spiro atoms. The summed E-state index contributed by atoms with van der Waals surface area (Å²) in [5.41, 5.74) is 23.8. The Balaban J connectivity index is 0.0000000924. The van der Waals surface area contributed by atoms with Crippen LogP contribution in [0.25, 0.3) is 239 Å². The zero-order valence-electron chi connectivity index (χ0n) is 75.3. The van der Waals surface area contributed by atoms with Crippen LogP contribution < -0.4 is 0 Å². The summed E-state index contributed by atoms with van der Waals surface area (Å²) < 4.78 is 18.1. The number of thiophene rings is 5. The largest absolute Gasteiger partial charge is 0.306 e. The highest BCUT2D eigenvalue weighted by molar-refractivity contribution is 7.19. The van der Waals surface area contributed by atoms with Crippen LogP contribution in [-0.4, -0.2) is 52.7 Å². The number of fused-ring (bicyclic) bond motifs is 25. The highest BCUT2D eigenvalue weighted by atomic mass is 32.1. The van der Waals surface area contributed by atoms with Gasteiger partial charge in [-0.1, -0.05) is 286 Å². The van der Waals surface area contributed by atoms with E-state index in [0.717, 1.165) is 73.8 Å². The minimum absolute atomic E-state index is 0.861. The van der Waals surface area contributed by atoms with Crippen molar-refractivity contribution in [2.24, 2.45) is 0 Å². The number of para-hydroxylation sites is 5. The van der Waals surface area contributed by atoms with Gasteiger partial charge in [-0.3, -0.25) is 28.2 Å². The zero-order valence-corrected chi connectivity index (χ0v) is 79.4. The van der Waals surface area contributed by atoms with Gasteiger partial charge in [-0.25, -0.2) is 19.9 Å². The Morgan fingerprint density at radius 2 is 0.629 bits per heavy atom. The molecule has 13 aromatic carbocycles. The van der Waals surface area contributed by atoms with Crippen molar-refractivity contribution in [3.05, 3.63) is 483 Å². The molecule has 0 saturated carbocycles. The maximum absolute atomic E-state index is 5.02. The van der Waals surface area contributed by atoms with Crippen LogP contribution in [0.2, 0.25) is 0 Å². The molecular weight excluding hydrogens is 1800 g/mol. The van der Waals surface area contributed by atoms with Gasteiger partial charge in [-0.05, 0) is 210 Å². The number of pyridine rings is 6.